The highest BCUT2D eigenvalue weighted by Crippen LogP contribution is 2.33. The molecule has 3 amide bonds. The van der Waals surface area contributed by atoms with Crippen molar-refractivity contribution < 1.29 is 14.3 Å². The van der Waals surface area contributed by atoms with Crippen LogP contribution in [0.25, 0.3) is 10.8 Å². The second-order valence-electron chi connectivity index (χ2n) is 6.84. The monoisotopic (exact) mass is 394 g/mol. The van der Waals surface area contributed by atoms with Crippen molar-refractivity contribution in [3.63, 3.8) is 0 Å². The van der Waals surface area contributed by atoms with Crippen molar-refractivity contribution in [2.45, 2.75) is 12.5 Å². The van der Waals surface area contributed by atoms with Crippen LogP contribution >= 0.6 is 11.6 Å². The zero-order valence-corrected chi connectivity index (χ0v) is 16.1. The van der Waals surface area contributed by atoms with Gasteiger partial charge in [-0.2, -0.15) is 0 Å². The molecule has 1 aliphatic heterocycles. The summed E-state index contributed by atoms with van der Waals surface area (Å²) in [6, 6.07) is 20.2. The van der Waals surface area contributed by atoms with E-state index in [0.717, 1.165) is 16.3 Å². The van der Waals surface area contributed by atoms with E-state index in [0.29, 0.717) is 10.8 Å². The van der Waals surface area contributed by atoms with Gasteiger partial charge in [-0.1, -0.05) is 60.1 Å². The number of ether oxygens (including phenoxy) is 1. The van der Waals surface area contributed by atoms with Gasteiger partial charge in [-0.3, -0.25) is 9.69 Å². The third kappa shape index (κ3) is 3.18. The lowest BCUT2D eigenvalue weighted by Crippen LogP contribution is -2.41. The van der Waals surface area contributed by atoms with Crippen molar-refractivity contribution in [2.24, 2.45) is 0 Å². The molecule has 1 atom stereocenters. The minimum atomic E-state index is -1.12. The van der Waals surface area contributed by atoms with Crippen molar-refractivity contribution in [3.05, 3.63) is 77.3 Å². The highest BCUT2D eigenvalue weighted by Gasteiger charge is 2.49. The number of hydrogen-bond acceptors (Lipinski definition) is 3. The minimum absolute atomic E-state index is 0.150. The number of carbonyl (C=O) groups is 2. The molecule has 1 heterocycles. The van der Waals surface area contributed by atoms with E-state index < -0.39 is 11.6 Å². The fourth-order valence-electron chi connectivity index (χ4n) is 3.56. The zero-order chi connectivity index (χ0) is 19.7. The van der Waals surface area contributed by atoms with Gasteiger partial charge in [0, 0.05) is 5.02 Å². The summed E-state index contributed by atoms with van der Waals surface area (Å²) in [6.45, 7) is 2.08. The number of halogens is 1. The predicted octanol–water partition coefficient (Wildman–Crippen LogP) is 4.34. The van der Waals surface area contributed by atoms with E-state index in [4.69, 9.17) is 16.3 Å². The van der Waals surface area contributed by atoms with Crippen molar-refractivity contribution >= 4 is 34.3 Å². The van der Waals surface area contributed by atoms with Gasteiger partial charge in [-0.25, -0.2) is 4.79 Å². The van der Waals surface area contributed by atoms with Gasteiger partial charge in [0.25, 0.3) is 5.91 Å². The highest BCUT2D eigenvalue weighted by molar-refractivity contribution is 6.30. The molecule has 5 nitrogen and oxygen atoms in total. The van der Waals surface area contributed by atoms with Gasteiger partial charge in [0.15, 0.2) is 0 Å². The lowest BCUT2D eigenvalue weighted by atomic mass is 9.88. The molecule has 142 valence electrons. The number of rotatable bonds is 5. The number of imide groups is 1. The van der Waals surface area contributed by atoms with Crippen LogP contribution in [0.3, 0.4) is 0 Å². The molecule has 4 rings (SSSR count). The van der Waals surface area contributed by atoms with E-state index in [1.165, 1.54) is 4.90 Å². The highest BCUT2D eigenvalue weighted by atomic mass is 35.5. The lowest BCUT2D eigenvalue weighted by molar-refractivity contribution is -0.131. The van der Waals surface area contributed by atoms with E-state index in [-0.39, 0.29) is 19.1 Å². The number of amides is 3. The largest absolute Gasteiger partial charge is 0.492 e. The van der Waals surface area contributed by atoms with Gasteiger partial charge < -0.3 is 10.1 Å². The number of hydrogen-bond donors (Lipinski definition) is 1. The Kier molecular flexibility index (Phi) is 4.69. The number of nitrogens with one attached hydrogen (secondary N) is 1. The molecule has 0 spiro atoms. The fraction of sp³-hybridized carbons (Fsp3) is 0.182. The Morgan fingerprint density at radius 3 is 2.61 bits per heavy atom. The van der Waals surface area contributed by atoms with E-state index in [1.807, 2.05) is 42.5 Å². The van der Waals surface area contributed by atoms with E-state index in [1.54, 1.807) is 31.2 Å². The predicted molar refractivity (Wildman–Crippen MR) is 108 cm³/mol. The molecule has 28 heavy (non-hydrogen) atoms. The molecule has 1 fully saturated rings. The molecule has 0 aliphatic carbocycles. The van der Waals surface area contributed by atoms with Crippen LogP contribution in [0.4, 0.5) is 4.79 Å². The second kappa shape index (κ2) is 7.17. The third-order valence-corrected chi connectivity index (χ3v) is 5.22. The minimum Gasteiger partial charge on any atom is -0.492 e. The topological polar surface area (TPSA) is 58.6 Å². The zero-order valence-electron chi connectivity index (χ0n) is 15.3. The first-order valence-electron chi connectivity index (χ1n) is 9.00. The quantitative estimate of drug-likeness (QED) is 0.655. The van der Waals surface area contributed by atoms with Gasteiger partial charge in [0.1, 0.15) is 17.9 Å². The number of nitrogens with zero attached hydrogens (tertiary/aromatic N) is 1. The van der Waals surface area contributed by atoms with Gasteiger partial charge in [0.05, 0.1) is 6.54 Å². The first-order valence-corrected chi connectivity index (χ1v) is 9.37. The Morgan fingerprint density at radius 1 is 1.04 bits per heavy atom. The molecule has 6 heteroatoms. The fourth-order valence-corrected chi connectivity index (χ4v) is 3.74. The maximum absolute atomic E-state index is 13.1. The first kappa shape index (κ1) is 18.3. The van der Waals surface area contributed by atoms with Crippen LogP contribution in [-0.2, 0) is 10.3 Å². The molecule has 1 N–H and O–H groups in total. The van der Waals surface area contributed by atoms with Gasteiger partial charge in [-0.15, -0.1) is 0 Å². The van der Waals surface area contributed by atoms with Crippen LogP contribution < -0.4 is 10.1 Å². The van der Waals surface area contributed by atoms with E-state index in [9.17, 15) is 9.59 Å². The Labute approximate surface area is 167 Å². The summed E-state index contributed by atoms with van der Waals surface area (Å²) in [7, 11) is 0. The molecule has 0 radical (unpaired) electrons. The third-order valence-electron chi connectivity index (χ3n) is 4.98. The van der Waals surface area contributed by atoms with Crippen molar-refractivity contribution in [3.8, 4) is 5.75 Å². The Bertz CT molecular complexity index is 1060. The Hall–Kier alpha value is -3.05. The number of urea groups is 1. The van der Waals surface area contributed by atoms with Crippen LogP contribution in [-0.4, -0.2) is 30.0 Å². The van der Waals surface area contributed by atoms with Gasteiger partial charge in [0.2, 0.25) is 0 Å². The Balaban J connectivity index is 1.54. The van der Waals surface area contributed by atoms with Crippen LogP contribution in [0.2, 0.25) is 5.02 Å². The second-order valence-corrected chi connectivity index (χ2v) is 7.28. The standard InChI is InChI=1S/C22H19ClN2O3/c1-22(19-11-4-7-15-6-2-3-10-18(15)19)20(26)25(21(27)24-22)12-13-28-17-9-5-8-16(23)14-17/h2-11,14H,12-13H2,1H3,(H,24,27). The SMILES string of the molecule is CC1(c2cccc3ccccc23)NC(=O)N(CCOc2cccc(Cl)c2)C1=O. The Morgan fingerprint density at radius 2 is 1.79 bits per heavy atom. The smallest absolute Gasteiger partial charge is 0.325 e. The molecular formula is C22H19ClN2O3. The molecule has 1 saturated heterocycles. The van der Waals surface area contributed by atoms with Crippen molar-refractivity contribution in [1.29, 1.82) is 0 Å². The van der Waals surface area contributed by atoms with Crippen molar-refractivity contribution in [1.82, 2.24) is 10.2 Å². The van der Waals surface area contributed by atoms with E-state index >= 15 is 0 Å². The summed E-state index contributed by atoms with van der Waals surface area (Å²) >= 11 is 5.94. The summed E-state index contributed by atoms with van der Waals surface area (Å²) in [5.74, 6) is 0.305. The van der Waals surface area contributed by atoms with Crippen LogP contribution in [0.1, 0.15) is 12.5 Å². The average molecular weight is 395 g/mol. The first-order chi connectivity index (χ1) is 13.5. The summed E-state index contributed by atoms with van der Waals surface area (Å²) in [4.78, 5) is 26.9. The van der Waals surface area contributed by atoms with Crippen LogP contribution in [0, 0.1) is 0 Å². The number of carbonyl (C=O) groups excluding carboxylic acids is 2. The molecule has 3 aromatic carbocycles. The summed E-state index contributed by atoms with van der Waals surface area (Å²) in [5, 5.41) is 5.39. The average Bonchev–Trinajstić information content (AvgIpc) is 2.91. The molecular weight excluding hydrogens is 376 g/mol. The van der Waals surface area contributed by atoms with Crippen LogP contribution in [0.15, 0.2) is 66.7 Å². The summed E-state index contributed by atoms with van der Waals surface area (Å²) < 4.78 is 5.63. The molecule has 0 aromatic heterocycles. The number of benzene rings is 3. The van der Waals surface area contributed by atoms with Crippen molar-refractivity contribution in [2.75, 3.05) is 13.2 Å². The summed E-state index contributed by atoms with van der Waals surface area (Å²) in [6.07, 6.45) is 0. The van der Waals surface area contributed by atoms with Gasteiger partial charge >= 0.3 is 6.03 Å². The molecule has 1 unspecified atom stereocenters. The molecule has 3 aromatic rings. The molecule has 0 saturated carbocycles. The number of fused-ring (bicyclic) bond motifs is 1. The van der Waals surface area contributed by atoms with E-state index in [2.05, 4.69) is 5.32 Å². The lowest BCUT2D eigenvalue weighted by Gasteiger charge is -2.24. The molecule has 0 bridgehead atoms. The molecule has 1 aliphatic rings. The summed E-state index contributed by atoms with van der Waals surface area (Å²) in [5.41, 5.74) is -0.337. The maximum Gasteiger partial charge on any atom is 0.325 e. The normalized spacial score (nSPS) is 19.1. The van der Waals surface area contributed by atoms with Crippen LogP contribution in [0.5, 0.6) is 5.75 Å². The van der Waals surface area contributed by atoms with Gasteiger partial charge in [-0.05, 0) is 41.5 Å². The maximum atomic E-state index is 13.1.